The van der Waals surface area contributed by atoms with Crippen molar-refractivity contribution in [3.8, 4) is 11.5 Å². The van der Waals surface area contributed by atoms with Crippen molar-refractivity contribution < 1.29 is 14.3 Å². The third-order valence-corrected chi connectivity index (χ3v) is 5.47. The van der Waals surface area contributed by atoms with E-state index in [1.54, 1.807) is 0 Å². The number of carbonyl (C=O) groups is 1. The standard InChI is InChI=1S/C19H20N4O3S/c1-11-8-13(12(2)20-11)14(24)10-27-19-22-21-18(23(19)3)17-9-25-15-6-4-5-7-16(15)26-17/h4-8,17,20H,9-10H2,1-3H3. The lowest BCUT2D eigenvalue weighted by Gasteiger charge is -2.25. The van der Waals surface area contributed by atoms with E-state index in [9.17, 15) is 4.79 Å². The van der Waals surface area contributed by atoms with E-state index in [4.69, 9.17) is 9.47 Å². The van der Waals surface area contributed by atoms with Gasteiger partial charge in [-0.15, -0.1) is 10.2 Å². The van der Waals surface area contributed by atoms with E-state index < -0.39 is 0 Å². The van der Waals surface area contributed by atoms with E-state index in [-0.39, 0.29) is 11.9 Å². The van der Waals surface area contributed by atoms with Crippen LogP contribution < -0.4 is 9.47 Å². The summed E-state index contributed by atoms with van der Waals surface area (Å²) in [6.45, 7) is 4.22. The molecule has 1 aliphatic heterocycles. The zero-order chi connectivity index (χ0) is 19.0. The van der Waals surface area contributed by atoms with E-state index in [1.807, 2.05) is 55.8 Å². The maximum absolute atomic E-state index is 12.5. The molecule has 4 rings (SSSR count). The van der Waals surface area contributed by atoms with Crippen molar-refractivity contribution in [1.82, 2.24) is 19.7 Å². The molecule has 1 atom stereocenters. The number of nitrogens with one attached hydrogen (secondary N) is 1. The molecule has 140 valence electrons. The van der Waals surface area contributed by atoms with Gasteiger partial charge in [0.25, 0.3) is 0 Å². The smallest absolute Gasteiger partial charge is 0.192 e. The van der Waals surface area contributed by atoms with Crippen molar-refractivity contribution >= 4 is 17.5 Å². The minimum atomic E-state index is -0.336. The van der Waals surface area contributed by atoms with Crippen LogP contribution in [0.15, 0.2) is 35.5 Å². The molecule has 0 radical (unpaired) electrons. The van der Waals surface area contributed by atoms with Crippen LogP contribution in [0.4, 0.5) is 0 Å². The highest BCUT2D eigenvalue weighted by molar-refractivity contribution is 7.99. The van der Waals surface area contributed by atoms with Gasteiger partial charge < -0.3 is 19.0 Å². The number of ketones is 1. The van der Waals surface area contributed by atoms with Crippen LogP contribution in [0, 0.1) is 13.8 Å². The van der Waals surface area contributed by atoms with Crippen LogP contribution >= 0.6 is 11.8 Å². The molecule has 8 heteroatoms. The average molecular weight is 384 g/mol. The minimum absolute atomic E-state index is 0.0672. The lowest BCUT2D eigenvalue weighted by atomic mass is 10.2. The lowest BCUT2D eigenvalue weighted by Crippen LogP contribution is -2.24. The summed E-state index contributed by atoms with van der Waals surface area (Å²) >= 11 is 1.37. The van der Waals surface area contributed by atoms with Crippen LogP contribution in [0.5, 0.6) is 11.5 Å². The van der Waals surface area contributed by atoms with Gasteiger partial charge in [0.2, 0.25) is 0 Å². The van der Waals surface area contributed by atoms with E-state index in [0.29, 0.717) is 29.1 Å². The summed E-state index contributed by atoms with van der Waals surface area (Å²) in [6, 6.07) is 9.43. The Labute approximate surface area is 161 Å². The monoisotopic (exact) mass is 384 g/mol. The highest BCUT2D eigenvalue weighted by Crippen LogP contribution is 2.35. The maximum Gasteiger partial charge on any atom is 0.192 e. The van der Waals surface area contributed by atoms with Crippen LogP contribution in [0.25, 0.3) is 0 Å². The summed E-state index contributed by atoms with van der Waals surface area (Å²) in [5, 5.41) is 9.15. The second-order valence-electron chi connectivity index (χ2n) is 6.47. The molecule has 0 saturated carbocycles. The van der Waals surface area contributed by atoms with Crippen molar-refractivity contribution in [2.75, 3.05) is 12.4 Å². The van der Waals surface area contributed by atoms with Crippen molar-refractivity contribution in [1.29, 1.82) is 0 Å². The van der Waals surface area contributed by atoms with Crippen molar-refractivity contribution in [2.24, 2.45) is 7.05 Å². The van der Waals surface area contributed by atoms with Gasteiger partial charge in [0.1, 0.15) is 6.61 Å². The minimum Gasteiger partial charge on any atom is -0.485 e. The Kier molecular flexibility index (Phi) is 4.65. The first-order valence-corrected chi connectivity index (χ1v) is 9.61. The summed E-state index contributed by atoms with van der Waals surface area (Å²) in [4.78, 5) is 15.6. The van der Waals surface area contributed by atoms with E-state index in [1.165, 1.54) is 11.8 Å². The zero-order valence-electron chi connectivity index (χ0n) is 15.4. The molecule has 0 fully saturated rings. The molecule has 0 spiro atoms. The fraction of sp³-hybridized carbons (Fsp3) is 0.316. The number of aromatic nitrogens is 4. The molecule has 3 aromatic rings. The number of thioether (sulfide) groups is 1. The number of para-hydroxylation sites is 2. The van der Waals surface area contributed by atoms with Gasteiger partial charge in [0.15, 0.2) is 34.4 Å². The SMILES string of the molecule is Cc1cc(C(=O)CSc2nnc(C3COc4ccccc4O3)n2C)c(C)[nH]1. The Bertz CT molecular complexity index is 995. The normalized spacial score (nSPS) is 15.7. The van der Waals surface area contributed by atoms with Crippen molar-refractivity contribution in [3.05, 3.63) is 53.1 Å². The van der Waals surface area contributed by atoms with Gasteiger partial charge in [0.05, 0.1) is 5.75 Å². The largest absolute Gasteiger partial charge is 0.485 e. The highest BCUT2D eigenvalue weighted by Gasteiger charge is 2.27. The molecule has 7 nitrogen and oxygen atoms in total. The van der Waals surface area contributed by atoms with Crippen molar-refractivity contribution in [2.45, 2.75) is 25.1 Å². The van der Waals surface area contributed by atoms with Gasteiger partial charge in [-0.05, 0) is 32.0 Å². The number of Topliss-reactive ketones (excluding diaryl/α,β-unsaturated/α-hetero) is 1. The van der Waals surface area contributed by atoms with Gasteiger partial charge in [0, 0.05) is 24.0 Å². The van der Waals surface area contributed by atoms with Gasteiger partial charge in [-0.2, -0.15) is 0 Å². The van der Waals surface area contributed by atoms with Gasteiger partial charge >= 0.3 is 0 Å². The molecule has 0 amide bonds. The van der Waals surface area contributed by atoms with Crippen LogP contribution in [-0.2, 0) is 7.05 Å². The number of rotatable bonds is 5. The predicted octanol–water partition coefficient (Wildman–Crippen LogP) is 3.25. The van der Waals surface area contributed by atoms with Crippen molar-refractivity contribution in [3.63, 3.8) is 0 Å². The maximum atomic E-state index is 12.5. The first-order chi connectivity index (χ1) is 13.0. The highest BCUT2D eigenvalue weighted by atomic mass is 32.2. The van der Waals surface area contributed by atoms with Gasteiger partial charge in [-0.3, -0.25) is 4.79 Å². The molecular weight excluding hydrogens is 364 g/mol. The summed E-state index contributed by atoms with van der Waals surface area (Å²) in [6.07, 6.45) is -0.336. The molecule has 3 heterocycles. The first kappa shape index (κ1) is 17.7. The molecular formula is C19H20N4O3S. The number of fused-ring (bicyclic) bond motifs is 1. The third-order valence-electron chi connectivity index (χ3n) is 4.45. The molecule has 2 aromatic heterocycles. The van der Waals surface area contributed by atoms with Gasteiger partial charge in [-0.25, -0.2) is 0 Å². The summed E-state index contributed by atoms with van der Waals surface area (Å²) in [7, 11) is 1.87. The molecule has 0 aliphatic carbocycles. The first-order valence-electron chi connectivity index (χ1n) is 8.63. The molecule has 1 N–H and O–H groups in total. The quantitative estimate of drug-likeness (QED) is 0.537. The number of nitrogens with zero attached hydrogens (tertiary/aromatic N) is 3. The molecule has 0 bridgehead atoms. The lowest BCUT2D eigenvalue weighted by molar-refractivity contribution is 0.0825. The fourth-order valence-electron chi connectivity index (χ4n) is 3.10. The number of aromatic amines is 1. The summed E-state index contributed by atoms with van der Waals surface area (Å²) in [5.74, 6) is 2.47. The Hall–Kier alpha value is -2.74. The average Bonchev–Trinajstić information content (AvgIpc) is 3.20. The Morgan fingerprint density at radius 1 is 1.30 bits per heavy atom. The summed E-state index contributed by atoms with van der Waals surface area (Å²) in [5.41, 5.74) is 2.60. The number of H-pyrrole nitrogens is 1. The number of ether oxygens (including phenoxy) is 2. The van der Waals surface area contributed by atoms with Gasteiger partial charge in [-0.1, -0.05) is 23.9 Å². The number of hydrogen-bond acceptors (Lipinski definition) is 6. The van der Waals surface area contributed by atoms with E-state index in [0.717, 1.165) is 22.7 Å². The molecule has 0 saturated heterocycles. The van der Waals surface area contributed by atoms with E-state index in [2.05, 4.69) is 15.2 Å². The fourth-order valence-corrected chi connectivity index (χ4v) is 3.90. The van der Waals surface area contributed by atoms with Crippen LogP contribution in [-0.4, -0.2) is 37.9 Å². The molecule has 1 unspecified atom stereocenters. The topological polar surface area (TPSA) is 82.0 Å². The van der Waals surface area contributed by atoms with Crippen LogP contribution in [0.2, 0.25) is 0 Å². The Morgan fingerprint density at radius 3 is 2.81 bits per heavy atom. The van der Waals surface area contributed by atoms with Crippen LogP contribution in [0.3, 0.4) is 0 Å². The zero-order valence-corrected chi connectivity index (χ0v) is 16.2. The molecule has 27 heavy (non-hydrogen) atoms. The number of aryl methyl sites for hydroxylation is 2. The molecule has 1 aliphatic rings. The van der Waals surface area contributed by atoms with E-state index >= 15 is 0 Å². The number of hydrogen-bond donors (Lipinski definition) is 1. The predicted molar refractivity (Wildman–Crippen MR) is 102 cm³/mol. The summed E-state index contributed by atoms with van der Waals surface area (Å²) < 4.78 is 13.6. The second-order valence-corrected chi connectivity index (χ2v) is 7.41. The Morgan fingerprint density at radius 2 is 2.07 bits per heavy atom. The third kappa shape index (κ3) is 3.44. The molecule has 1 aromatic carbocycles. The Balaban J connectivity index is 1.45. The van der Waals surface area contributed by atoms with Crippen LogP contribution in [0.1, 0.15) is 33.7 Å². The number of carbonyl (C=O) groups excluding carboxylic acids is 1. The second kappa shape index (κ2) is 7.11. The number of benzene rings is 1.